The molecule has 0 aromatic heterocycles. The van der Waals surface area contributed by atoms with Gasteiger partial charge in [0, 0.05) is 24.8 Å². The maximum absolute atomic E-state index is 13.4. The van der Waals surface area contributed by atoms with Crippen molar-refractivity contribution in [3.8, 4) is 17.2 Å². The Morgan fingerprint density at radius 3 is 1.78 bits per heavy atom. The van der Waals surface area contributed by atoms with E-state index in [1.165, 1.54) is 16.4 Å². The van der Waals surface area contributed by atoms with Gasteiger partial charge in [0.1, 0.15) is 22.8 Å². The van der Waals surface area contributed by atoms with Crippen molar-refractivity contribution in [2.24, 2.45) is 0 Å². The highest BCUT2D eigenvalue weighted by atomic mass is 32.2. The van der Waals surface area contributed by atoms with Gasteiger partial charge in [-0.05, 0) is 68.3 Å². The van der Waals surface area contributed by atoms with Crippen LogP contribution in [0.2, 0.25) is 0 Å². The van der Waals surface area contributed by atoms with E-state index in [0.29, 0.717) is 17.2 Å². The molecule has 0 unspecified atom stereocenters. The minimum Gasteiger partial charge on any atom is -0.497 e. The molecule has 0 heterocycles. The van der Waals surface area contributed by atoms with Gasteiger partial charge in [-0.15, -0.1) is 0 Å². The van der Waals surface area contributed by atoms with Crippen LogP contribution in [0, 0.1) is 0 Å². The zero-order valence-corrected chi connectivity index (χ0v) is 22.4. The molecule has 10 heteroatoms. The molecule has 0 aliphatic carbocycles. The number of nitrogens with zero attached hydrogens (tertiary/aromatic N) is 1. The highest BCUT2D eigenvalue weighted by Crippen LogP contribution is 2.24. The Bertz CT molecular complexity index is 1240. The van der Waals surface area contributed by atoms with Gasteiger partial charge in [-0.25, -0.2) is 4.79 Å². The predicted molar refractivity (Wildman–Crippen MR) is 141 cm³/mol. The number of hydrogen-bond donors (Lipinski definition) is 1. The van der Waals surface area contributed by atoms with Crippen LogP contribution in [-0.4, -0.2) is 38.6 Å². The minimum atomic E-state index is -4.25. The van der Waals surface area contributed by atoms with Gasteiger partial charge in [0.25, 0.3) is 0 Å². The average molecular weight is 529 g/mol. The number of amides is 1. The predicted octanol–water partition coefficient (Wildman–Crippen LogP) is 5.38. The van der Waals surface area contributed by atoms with Gasteiger partial charge >= 0.3 is 16.4 Å². The van der Waals surface area contributed by atoms with Gasteiger partial charge in [-0.3, -0.25) is 5.32 Å². The topological polar surface area (TPSA) is 103 Å². The number of rotatable bonds is 10. The third kappa shape index (κ3) is 8.69. The van der Waals surface area contributed by atoms with E-state index in [1.807, 2.05) is 0 Å². The number of carbonyl (C=O) groups excluding carboxylic acids is 1. The fourth-order valence-corrected chi connectivity index (χ4v) is 4.37. The Hall–Kier alpha value is -3.76. The molecule has 0 saturated carbocycles. The summed E-state index contributed by atoms with van der Waals surface area (Å²) >= 11 is 0. The molecule has 9 nitrogen and oxygen atoms in total. The lowest BCUT2D eigenvalue weighted by Crippen LogP contribution is -2.33. The minimum absolute atomic E-state index is 0.0445. The number of ether oxygens (including phenoxy) is 3. The summed E-state index contributed by atoms with van der Waals surface area (Å²) in [6, 6.07) is 20.3. The fraction of sp³-hybridized carbons (Fsp3) is 0.296. The molecule has 0 bridgehead atoms. The van der Waals surface area contributed by atoms with Crippen molar-refractivity contribution in [1.82, 2.24) is 4.31 Å². The number of hydrogen-bond acceptors (Lipinski definition) is 7. The van der Waals surface area contributed by atoms with Crippen molar-refractivity contribution in [2.45, 2.75) is 39.5 Å². The van der Waals surface area contributed by atoms with Crippen LogP contribution in [0.1, 0.15) is 31.9 Å². The summed E-state index contributed by atoms with van der Waals surface area (Å²) in [5.74, 6) is 1.38. The second-order valence-electron chi connectivity index (χ2n) is 9.16. The molecular formula is C27H32N2O7S. The molecule has 1 N–H and O–H groups in total. The first-order valence-corrected chi connectivity index (χ1v) is 12.9. The zero-order chi connectivity index (χ0) is 27.1. The number of carbonyl (C=O) groups is 1. The molecule has 0 radical (unpaired) electrons. The Kier molecular flexibility index (Phi) is 9.01. The lowest BCUT2D eigenvalue weighted by Gasteiger charge is -2.22. The monoisotopic (exact) mass is 528 g/mol. The van der Waals surface area contributed by atoms with Gasteiger partial charge in [0.15, 0.2) is 0 Å². The van der Waals surface area contributed by atoms with Crippen molar-refractivity contribution >= 4 is 22.1 Å². The molecule has 3 rings (SSSR count). The van der Waals surface area contributed by atoms with Crippen LogP contribution >= 0.6 is 0 Å². The lowest BCUT2D eigenvalue weighted by molar-refractivity contribution is 0.0636. The summed E-state index contributed by atoms with van der Waals surface area (Å²) in [4.78, 5) is 12.1. The third-order valence-corrected chi connectivity index (χ3v) is 6.33. The molecular weight excluding hydrogens is 496 g/mol. The first-order valence-electron chi connectivity index (χ1n) is 11.5. The highest BCUT2D eigenvalue weighted by molar-refractivity contribution is 7.84. The van der Waals surface area contributed by atoms with Crippen LogP contribution < -0.4 is 19.0 Å². The van der Waals surface area contributed by atoms with Gasteiger partial charge < -0.3 is 18.4 Å². The van der Waals surface area contributed by atoms with Crippen molar-refractivity contribution in [3.05, 3.63) is 83.9 Å². The summed E-state index contributed by atoms with van der Waals surface area (Å²) in [6.07, 6.45) is -0.659. The standard InChI is InChI=1S/C27H32N2O7S/c1-27(2,3)35-26(30)28-22-7-6-8-25(17-22)36-37(31,32)29(18-20-9-13-23(33-4)14-10-20)19-21-11-15-24(34-5)16-12-21/h6-17H,18-19H2,1-5H3,(H,28,30). The molecule has 0 aliphatic heterocycles. The van der Waals surface area contributed by atoms with E-state index in [0.717, 1.165) is 11.1 Å². The Morgan fingerprint density at radius 2 is 1.32 bits per heavy atom. The molecule has 0 aliphatic rings. The Labute approximate surface area is 218 Å². The molecule has 0 saturated heterocycles. The van der Waals surface area contributed by atoms with Gasteiger partial charge in [0.2, 0.25) is 0 Å². The van der Waals surface area contributed by atoms with Crippen LogP contribution in [0.3, 0.4) is 0 Å². The number of benzene rings is 3. The zero-order valence-electron chi connectivity index (χ0n) is 21.6. The maximum atomic E-state index is 13.4. The van der Waals surface area contributed by atoms with Crippen molar-refractivity contribution in [3.63, 3.8) is 0 Å². The van der Waals surface area contributed by atoms with Crippen molar-refractivity contribution in [1.29, 1.82) is 0 Å². The average Bonchev–Trinajstić information content (AvgIpc) is 2.83. The van der Waals surface area contributed by atoms with E-state index in [-0.39, 0.29) is 18.8 Å². The molecule has 3 aromatic rings. The van der Waals surface area contributed by atoms with Gasteiger partial charge in [0.05, 0.1) is 14.2 Å². The molecule has 37 heavy (non-hydrogen) atoms. The molecule has 198 valence electrons. The van der Waals surface area contributed by atoms with E-state index >= 15 is 0 Å². The number of nitrogens with one attached hydrogen (secondary N) is 1. The third-order valence-electron chi connectivity index (χ3n) is 5.03. The normalized spacial score (nSPS) is 11.6. The van der Waals surface area contributed by atoms with E-state index < -0.39 is 22.0 Å². The fourth-order valence-electron chi connectivity index (χ4n) is 3.30. The largest absolute Gasteiger partial charge is 0.497 e. The second kappa shape index (κ2) is 12.0. The Balaban J connectivity index is 1.83. The second-order valence-corrected chi connectivity index (χ2v) is 10.7. The lowest BCUT2D eigenvalue weighted by atomic mass is 10.2. The van der Waals surface area contributed by atoms with Crippen LogP contribution in [0.5, 0.6) is 17.2 Å². The summed E-state index contributed by atoms with van der Waals surface area (Å²) in [6.45, 7) is 5.37. The molecule has 3 aromatic carbocycles. The smallest absolute Gasteiger partial charge is 0.412 e. The summed E-state index contributed by atoms with van der Waals surface area (Å²) in [7, 11) is -1.12. The van der Waals surface area contributed by atoms with E-state index in [4.69, 9.17) is 18.4 Å². The maximum Gasteiger partial charge on any atom is 0.412 e. The number of anilines is 1. The van der Waals surface area contributed by atoms with Crippen LogP contribution in [0.15, 0.2) is 72.8 Å². The Morgan fingerprint density at radius 1 is 0.811 bits per heavy atom. The van der Waals surface area contributed by atoms with Crippen molar-refractivity contribution in [2.75, 3.05) is 19.5 Å². The quantitative estimate of drug-likeness (QED) is 0.377. The summed E-state index contributed by atoms with van der Waals surface area (Å²) < 4.78 is 49.2. The SMILES string of the molecule is COc1ccc(CN(Cc2ccc(OC)cc2)S(=O)(=O)Oc2cccc(NC(=O)OC(C)(C)C)c2)cc1. The molecule has 0 atom stereocenters. The van der Waals surface area contributed by atoms with Crippen LogP contribution in [0.4, 0.5) is 10.5 Å². The summed E-state index contributed by atoms with van der Waals surface area (Å²) in [5.41, 5.74) is 1.16. The number of methoxy groups -OCH3 is 2. The van der Waals surface area contributed by atoms with Crippen molar-refractivity contribution < 1.29 is 31.6 Å². The van der Waals surface area contributed by atoms with Gasteiger partial charge in [-0.2, -0.15) is 12.7 Å². The van der Waals surface area contributed by atoms with Gasteiger partial charge in [-0.1, -0.05) is 30.3 Å². The highest BCUT2D eigenvalue weighted by Gasteiger charge is 2.26. The van der Waals surface area contributed by atoms with E-state index in [9.17, 15) is 13.2 Å². The molecule has 0 spiro atoms. The van der Waals surface area contributed by atoms with Crippen LogP contribution in [0.25, 0.3) is 0 Å². The molecule has 1 amide bonds. The van der Waals surface area contributed by atoms with Crippen LogP contribution in [-0.2, 0) is 28.1 Å². The van der Waals surface area contributed by atoms with E-state index in [1.54, 1.807) is 95.7 Å². The molecule has 0 fully saturated rings. The first-order chi connectivity index (χ1) is 17.5. The first kappa shape index (κ1) is 27.8. The summed E-state index contributed by atoms with van der Waals surface area (Å²) in [5, 5.41) is 2.58. The van der Waals surface area contributed by atoms with E-state index in [2.05, 4.69) is 5.32 Å².